The largest absolute Gasteiger partial charge is 0.492 e. The van der Waals surface area contributed by atoms with E-state index in [0.717, 1.165) is 30.7 Å². The highest BCUT2D eigenvalue weighted by atomic mass is 16.5. The normalized spacial score (nSPS) is 25.3. The third-order valence-corrected chi connectivity index (χ3v) is 4.86. The smallest absolute Gasteiger partial charge is 0.120 e. The minimum Gasteiger partial charge on any atom is -0.492 e. The van der Waals surface area contributed by atoms with Crippen molar-refractivity contribution in [3.8, 4) is 5.75 Å². The summed E-state index contributed by atoms with van der Waals surface area (Å²) in [6, 6.07) is 14.8. The molecular weight excluding hydrogens is 260 g/mol. The molecule has 0 spiro atoms. The molecule has 2 aliphatic heterocycles. The van der Waals surface area contributed by atoms with Crippen LogP contribution in [-0.2, 0) is 0 Å². The van der Waals surface area contributed by atoms with Crippen molar-refractivity contribution in [1.29, 1.82) is 0 Å². The second kappa shape index (κ2) is 5.66. The second-order valence-electron chi connectivity index (χ2n) is 6.30. The quantitative estimate of drug-likeness (QED) is 0.932. The first-order valence-corrected chi connectivity index (χ1v) is 7.93. The van der Waals surface area contributed by atoms with E-state index in [1.54, 1.807) is 0 Å². The van der Waals surface area contributed by atoms with E-state index in [9.17, 15) is 0 Å². The zero-order valence-electron chi connectivity index (χ0n) is 12.3. The number of nitrogens with zero attached hydrogens (tertiary/aromatic N) is 1. The molecule has 21 heavy (non-hydrogen) atoms. The van der Waals surface area contributed by atoms with Crippen LogP contribution in [0.5, 0.6) is 5.75 Å². The maximum Gasteiger partial charge on any atom is 0.120 e. The van der Waals surface area contributed by atoms with Gasteiger partial charge in [0.1, 0.15) is 12.4 Å². The van der Waals surface area contributed by atoms with Crippen LogP contribution in [0.1, 0.15) is 0 Å². The number of hydrogen-bond donors (Lipinski definition) is 1. The van der Waals surface area contributed by atoms with Crippen molar-refractivity contribution in [1.82, 2.24) is 10.2 Å². The first kappa shape index (κ1) is 13.1. The Morgan fingerprint density at radius 2 is 1.76 bits per heavy atom. The number of likely N-dealkylation sites (tertiary alicyclic amines) is 1. The maximum atomic E-state index is 5.94. The molecule has 4 rings (SSSR count). The Kier molecular flexibility index (Phi) is 3.53. The summed E-state index contributed by atoms with van der Waals surface area (Å²) >= 11 is 0. The monoisotopic (exact) mass is 282 g/mol. The van der Waals surface area contributed by atoms with Crippen LogP contribution in [0.3, 0.4) is 0 Å². The van der Waals surface area contributed by atoms with E-state index in [0.29, 0.717) is 0 Å². The summed E-state index contributed by atoms with van der Waals surface area (Å²) < 4.78 is 5.94. The molecule has 2 unspecified atom stereocenters. The van der Waals surface area contributed by atoms with Gasteiger partial charge < -0.3 is 10.1 Å². The Hall–Kier alpha value is -1.58. The Bertz CT molecular complexity index is 615. The molecule has 3 nitrogen and oxygen atoms in total. The van der Waals surface area contributed by atoms with E-state index in [2.05, 4.69) is 52.7 Å². The molecule has 2 fully saturated rings. The summed E-state index contributed by atoms with van der Waals surface area (Å²) in [6.07, 6.45) is 0. The molecular formula is C18H22N2O. The predicted molar refractivity (Wildman–Crippen MR) is 85.7 cm³/mol. The molecule has 0 radical (unpaired) electrons. The van der Waals surface area contributed by atoms with Crippen molar-refractivity contribution >= 4 is 10.8 Å². The van der Waals surface area contributed by atoms with E-state index >= 15 is 0 Å². The van der Waals surface area contributed by atoms with E-state index < -0.39 is 0 Å². The molecule has 110 valence electrons. The average Bonchev–Trinajstić information content (AvgIpc) is 3.08. The van der Waals surface area contributed by atoms with Crippen molar-refractivity contribution < 1.29 is 4.74 Å². The van der Waals surface area contributed by atoms with Gasteiger partial charge in [-0.2, -0.15) is 0 Å². The molecule has 1 N–H and O–H groups in total. The van der Waals surface area contributed by atoms with Crippen molar-refractivity contribution in [3.05, 3.63) is 42.5 Å². The van der Waals surface area contributed by atoms with Crippen molar-refractivity contribution in [3.63, 3.8) is 0 Å². The summed E-state index contributed by atoms with van der Waals surface area (Å²) in [6.45, 7) is 6.70. The molecule has 2 heterocycles. The van der Waals surface area contributed by atoms with Gasteiger partial charge in [-0.25, -0.2) is 0 Å². The van der Waals surface area contributed by atoms with E-state index in [1.807, 2.05) is 0 Å². The highest BCUT2D eigenvalue weighted by molar-refractivity contribution is 5.83. The van der Waals surface area contributed by atoms with Crippen LogP contribution in [0.15, 0.2) is 42.5 Å². The van der Waals surface area contributed by atoms with Crippen LogP contribution in [0.25, 0.3) is 10.8 Å². The van der Waals surface area contributed by atoms with E-state index in [1.165, 1.54) is 37.0 Å². The lowest BCUT2D eigenvalue weighted by atomic mass is 10.0. The molecule has 2 aromatic carbocycles. The molecule has 2 aromatic rings. The fourth-order valence-corrected chi connectivity index (χ4v) is 3.68. The topological polar surface area (TPSA) is 24.5 Å². The molecule has 0 aromatic heterocycles. The van der Waals surface area contributed by atoms with Gasteiger partial charge in [-0.3, -0.25) is 4.90 Å². The summed E-state index contributed by atoms with van der Waals surface area (Å²) in [5.74, 6) is 2.71. The van der Waals surface area contributed by atoms with Gasteiger partial charge in [0, 0.05) is 19.6 Å². The number of benzene rings is 2. The first-order valence-electron chi connectivity index (χ1n) is 7.93. The molecule has 0 amide bonds. The average molecular weight is 282 g/mol. The summed E-state index contributed by atoms with van der Waals surface area (Å²) in [5.41, 5.74) is 0. The van der Waals surface area contributed by atoms with Crippen LogP contribution >= 0.6 is 0 Å². The Morgan fingerprint density at radius 3 is 2.57 bits per heavy atom. The van der Waals surface area contributed by atoms with Gasteiger partial charge in [-0.05, 0) is 47.8 Å². The van der Waals surface area contributed by atoms with Crippen LogP contribution in [0.2, 0.25) is 0 Å². The standard InChI is InChI=1S/C18H22N2O/c1-2-4-15-9-18(6-5-14(15)3-1)21-8-7-20-12-16-10-19-11-17(16)13-20/h1-6,9,16-17,19H,7-8,10-13H2. The Morgan fingerprint density at radius 1 is 1.00 bits per heavy atom. The van der Waals surface area contributed by atoms with Crippen molar-refractivity contribution in [2.24, 2.45) is 11.8 Å². The lowest BCUT2D eigenvalue weighted by Crippen LogP contribution is -2.29. The summed E-state index contributed by atoms with van der Waals surface area (Å²) in [5, 5.41) is 6.00. The van der Waals surface area contributed by atoms with Crippen LogP contribution in [-0.4, -0.2) is 44.2 Å². The molecule has 0 aliphatic carbocycles. The maximum absolute atomic E-state index is 5.94. The SMILES string of the molecule is c1ccc2cc(OCCN3CC4CNCC4C3)ccc2c1. The van der Waals surface area contributed by atoms with Gasteiger partial charge in [-0.1, -0.05) is 30.3 Å². The number of nitrogens with one attached hydrogen (secondary N) is 1. The zero-order valence-corrected chi connectivity index (χ0v) is 12.3. The minimum atomic E-state index is 0.783. The molecule has 2 aliphatic rings. The highest BCUT2D eigenvalue weighted by Gasteiger charge is 2.35. The lowest BCUT2D eigenvalue weighted by Gasteiger charge is -2.17. The van der Waals surface area contributed by atoms with Gasteiger partial charge in [-0.15, -0.1) is 0 Å². The molecule has 3 heteroatoms. The van der Waals surface area contributed by atoms with Gasteiger partial charge in [0.2, 0.25) is 0 Å². The first-order chi connectivity index (χ1) is 10.4. The van der Waals surface area contributed by atoms with E-state index in [-0.39, 0.29) is 0 Å². The fourth-order valence-electron chi connectivity index (χ4n) is 3.68. The van der Waals surface area contributed by atoms with Gasteiger partial charge in [0.25, 0.3) is 0 Å². The summed E-state index contributed by atoms with van der Waals surface area (Å²) in [7, 11) is 0. The summed E-state index contributed by atoms with van der Waals surface area (Å²) in [4.78, 5) is 2.55. The molecule has 0 bridgehead atoms. The molecule has 0 saturated carbocycles. The van der Waals surface area contributed by atoms with Gasteiger partial charge >= 0.3 is 0 Å². The fraction of sp³-hybridized carbons (Fsp3) is 0.444. The minimum absolute atomic E-state index is 0.783. The Balaban J connectivity index is 1.32. The third-order valence-electron chi connectivity index (χ3n) is 4.86. The van der Waals surface area contributed by atoms with Crippen LogP contribution in [0.4, 0.5) is 0 Å². The van der Waals surface area contributed by atoms with Gasteiger partial charge in [0.05, 0.1) is 0 Å². The second-order valence-corrected chi connectivity index (χ2v) is 6.30. The van der Waals surface area contributed by atoms with Crippen molar-refractivity contribution in [2.75, 3.05) is 39.3 Å². The number of ether oxygens (including phenoxy) is 1. The van der Waals surface area contributed by atoms with E-state index in [4.69, 9.17) is 4.74 Å². The van der Waals surface area contributed by atoms with Crippen molar-refractivity contribution in [2.45, 2.75) is 0 Å². The number of hydrogen-bond acceptors (Lipinski definition) is 3. The highest BCUT2D eigenvalue weighted by Crippen LogP contribution is 2.26. The van der Waals surface area contributed by atoms with Gasteiger partial charge in [0.15, 0.2) is 0 Å². The molecule has 2 atom stereocenters. The third kappa shape index (κ3) is 2.76. The molecule has 2 saturated heterocycles. The zero-order chi connectivity index (χ0) is 14.1. The lowest BCUT2D eigenvalue weighted by molar-refractivity contribution is 0.228. The van der Waals surface area contributed by atoms with Crippen LogP contribution < -0.4 is 10.1 Å². The Labute approximate surface area is 125 Å². The number of fused-ring (bicyclic) bond motifs is 2. The van der Waals surface area contributed by atoms with Crippen LogP contribution in [0, 0.1) is 11.8 Å². The predicted octanol–water partition coefficient (Wildman–Crippen LogP) is 2.37. The number of rotatable bonds is 4.